The zero-order valence-corrected chi connectivity index (χ0v) is 15.4. The molecule has 0 saturated carbocycles. The summed E-state index contributed by atoms with van der Waals surface area (Å²) < 4.78 is 35.0. The zero-order chi connectivity index (χ0) is 20.9. The lowest BCUT2D eigenvalue weighted by molar-refractivity contribution is -0.385. The highest BCUT2D eigenvalue weighted by atomic mass is 32.2. The van der Waals surface area contributed by atoms with Gasteiger partial charge in [0.05, 0.1) is 17.4 Å². The van der Waals surface area contributed by atoms with Gasteiger partial charge in [0.1, 0.15) is 4.90 Å². The van der Waals surface area contributed by atoms with E-state index in [1.165, 1.54) is 54.9 Å². The molecule has 1 amide bonds. The largest absolute Gasteiger partial charge is 0.459 e. The summed E-state index contributed by atoms with van der Waals surface area (Å²) in [5, 5.41) is 14.6. The van der Waals surface area contributed by atoms with Gasteiger partial charge in [0.25, 0.3) is 5.69 Å². The molecule has 148 valence electrons. The number of amides is 1. The van der Waals surface area contributed by atoms with Crippen molar-refractivity contribution in [3.05, 3.63) is 88.4 Å². The van der Waals surface area contributed by atoms with Gasteiger partial charge in [0.15, 0.2) is 11.5 Å². The lowest BCUT2D eigenvalue weighted by Gasteiger charge is -2.09. The number of benzene rings is 2. The van der Waals surface area contributed by atoms with Crippen molar-refractivity contribution in [2.45, 2.75) is 4.90 Å². The molecule has 0 fully saturated rings. The quantitative estimate of drug-likeness (QED) is 0.271. The minimum absolute atomic E-state index is 0.0555. The molecule has 0 aliphatic carbocycles. The fourth-order valence-corrected chi connectivity index (χ4v) is 3.20. The fourth-order valence-electron chi connectivity index (χ4n) is 2.21. The van der Waals surface area contributed by atoms with Crippen LogP contribution in [0.4, 0.5) is 5.69 Å². The number of nitrogens with one attached hydrogen (secondary N) is 1. The minimum Gasteiger partial charge on any atom is -0.459 e. The van der Waals surface area contributed by atoms with Crippen LogP contribution in [-0.4, -0.2) is 25.5 Å². The van der Waals surface area contributed by atoms with E-state index in [1.54, 1.807) is 12.1 Å². The Kier molecular flexibility index (Phi) is 5.69. The Morgan fingerprint density at radius 3 is 2.66 bits per heavy atom. The molecule has 1 aromatic heterocycles. The predicted molar refractivity (Wildman–Crippen MR) is 101 cm³/mol. The van der Waals surface area contributed by atoms with Gasteiger partial charge in [-0.2, -0.15) is 13.5 Å². The predicted octanol–water partition coefficient (Wildman–Crippen LogP) is 2.72. The minimum atomic E-state index is -4.34. The van der Waals surface area contributed by atoms with Gasteiger partial charge in [-0.1, -0.05) is 18.2 Å². The van der Waals surface area contributed by atoms with Gasteiger partial charge >= 0.3 is 16.0 Å². The van der Waals surface area contributed by atoms with Crippen LogP contribution >= 0.6 is 0 Å². The second kappa shape index (κ2) is 8.35. The van der Waals surface area contributed by atoms with Crippen molar-refractivity contribution in [1.29, 1.82) is 0 Å². The lowest BCUT2D eigenvalue weighted by atomic mass is 10.2. The second-order valence-electron chi connectivity index (χ2n) is 5.51. The van der Waals surface area contributed by atoms with Crippen molar-refractivity contribution in [3.8, 4) is 5.75 Å². The van der Waals surface area contributed by atoms with Gasteiger partial charge in [0, 0.05) is 17.7 Å². The zero-order valence-electron chi connectivity index (χ0n) is 14.6. The molecule has 2 aromatic carbocycles. The first-order valence-electron chi connectivity index (χ1n) is 8.02. The number of furan rings is 1. The molecule has 3 aromatic rings. The number of nitrogens with zero attached hydrogens (tertiary/aromatic N) is 2. The van der Waals surface area contributed by atoms with Crippen molar-refractivity contribution >= 4 is 27.9 Å². The number of nitro benzene ring substituents is 1. The van der Waals surface area contributed by atoms with E-state index in [0.29, 0.717) is 0 Å². The van der Waals surface area contributed by atoms with Gasteiger partial charge in [-0.05, 0) is 30.3 Å². The highest BCUT2D eigenvalue weighted by Gasteiger charge is 2.21. The third-order valence-electron chi connectivity index (χ3n) is 3.55. The number of non-ortho nitro benzene ring substituents is 1. The first-order valence-corrected chi connectivity index (χ1v) is 9.42. The Morgan fingerprint density at radius 2 is 1.93 bits per heavy atom. The smallest absolute Gasteiger partial charge is 0.339 e. The Hall–Kier alpha value is -3.99. The molecule has 3 rings (SSSR count). The summed E-state index contributed by atoms with van der Waals surface area (Å²) in [6, 6.07) is 13.5. The van der Waals surface area contributed by atoms with E-state index in [9.17, 15) is 23.3 Å². The molecule has 0 bridgehead atoms. The van der Waals surface area contributed by atoms with Crippen molar-refractivity contribution in [2.75, 3.05) is 0 Å². The molecule has 29 heavy (non-hydrogen) atoms. The first kappa shape index (κ1) is 19.8. The van der Waals surface area contributed by atoms with E-state index in [0.717, 1.165) is 6.07 Å². The molecule has 1 N–H and O–H groups in total. The van der Waals surface area contributed by atoms with E-state index in [2.05, 4.69) is 10.5 Å². The van der Waals surface area contributed by atoms with Crippen LogP contribution in [0.15, 0.2) is 81.3 Å². The first-order chi connectivity index (χ1) is 13.9. The van der Waals surface area contributed by atoms with Crippen LogP contribution in [0.5, 0.6) is 5.75 Å². The highest BCUT2D eigenvalue weighted by molar-refractivity contribution is 7.87. The molecule has 1 heterocycles. The highest BCUT2D eigenvalue weighted by Crippen LogP contribution is 2.24. The topological polar surface area (TPSA) is 141 Å². The number of rotatable bonds is 7. The summed E-state index contributed by atoms with van der Waals surface area (Å²) in [6.45, 7) is 0. The Morgan fingerprint density at radius 1 is 1.14 bits per heavy atom. The summed E-state index contributed by atoms with van der Waals surface area (Å²) in [4.78, 5) is 21.6. The van der Waals surface area contributed by atoms with Crippen LogP contribution < -0.4 is 9.61 Å². The van der Waals surface area contributed by atoms with E-state index < -0.39 is 20.9 Å². The van der Waals surface area contributed by atoms with Gasteiger partial charge < -0.3 is 8.60 Å². The molecule has 0 atom stereocenters. The molecule has 0 aliphatic rings. The van der Waals surface area contributed by atoms with Gasteiger partial charge in [-0.25, -0.2) is 5.43 Å². The van der Waals surface area contributed by atoms with Crippen LogP contribution in [-0.2, 0) is 10.1 Å². The van der Waals surface area contributed by atoms with Crippen molar-refractivity contribution in [1.82, 2.24) is 5.43 Å². The molecule has 11 heteroatoms. The van der Waals surface area contributed by atoms with Crippen molar-refractivity contribution in [2.24, 2.45) is 5.10 Å². The van der Waals surface area contributed by atoms with Gasteiger partial charge in [-0.15, -0.1) is 0 Å². The Labute approximate surface area is 164 Å². The van der Waals surface area contributed by atoms with Gasteiger partial charge in [0.2, 0.25) is 0 Å². The maximum atomic E-state index is 12.5. The summed E-state index contributed by atoms with van der Waals surface area (Å²) in [6.07, 6.45) is 2.53. The molecule has 0 saturated heterocycles. The molecule has 0 aliphatic heterocycles. The molecule has 0 radical (unpaired) electrons. The standard InChI is InChI=1S/C18H13N3O7S/c22-18(17-9-4-10-27-17)20-19-12-13-5-1-2-8-16(13)28-29(25,26)15-7-3-6-14(11-15)21(23)24/h1-12H,(H,20,22)/b19-12-. The normalized spacial score (nSPS) is 11.3. The third kappa shape index (κ3) is 4.84. The number of hydrogen-bond donors (Lipinski definition) is 1. The molecular formula is C18H13N3O7S. The second-order valence-corrected chi connectivity index (χ2v) is 7.05. The monoisotopic (exact) mass is 415 g/mol. The number of para-hydroxylation sites is 1. The van der Waals surface area contributed by atoms with Crippen LogP contribution in [0.1, 0.15) is 16.1 Å². The number of hydrazone groups is 1. The van der Waals surface area contributed by atoms with E-state index in [-0.39, 0.29) is 27.7 Å². The third-order valence-corrected chi connectivity index (χ3v) is 4.78. The van der Waals surface area contributed by atoms with Crippen molar-refractivity contribution in [3.63, 3.8) is 0 Å². The maximum absolute atomic E-state index is 12.5. The van der Waals surface area contributed by atoms with E-state index in [4.69, 9.17) is 8.60 Å². The average Bonchev–Trinajstić information content (AvgIpc) is 3.24. The number of carbonyl (C=O) groups excluding carboxylic acids is 1. The van der Waals surface area contributed by atoms with E-state index in [1.807, 2.05) is 0 Å². The maximum Gasteiger partial charge on any atom is 0.339 e. The van der Waals surface area contributed by atoms with Crippen LogP contribution in [0.2, 0.25) is 0 Å². The lowest BCUT2D eigenvalue weighted by Crippen LogP contribution is -2.17. The summed E-state index contributed by atoms with van der Waals surface area (Å²) in [5.74, 6) is -0.608. The number of hydrogen-bond acceptors (Lipinski definition) is 8. The summed E-state index contributed by atoms with van der Waals surface area (Å²) in [5.41, 5.74) is 2.10. The number of carbonyl (C=O) groups is 1. The number of nitro groups is 1. The molecule has 0 unspecified atom stereocenters. The van der Waals surface area contributed by atoms with Crippen LogP contribution in [0.25, 0.3) is 0 Å². The summed E-state index contributed by atoms with van der Waals surface area (Å²) >= 11 is 0. The molecule has 10 nitrogen and oxygen atoms in total. The Bertz CT molecular complexity index is 1170. The van der Waals surface area contributed by atoms with Crippen LogP contribution in [0, 0.1) is 10.1 Å². The van der Waals surface area contributed by atoms with E-state index >= 15 is 0 Å². The molecule has 0 spiro atoms. The SMILES string of the molecule is O=C(N/N=C\c1ccccc1OS(=O)(=O)c1cccc([N+](=O)[O-])c1)c1ccco1. The van der Waals surface area contributed by atoms with Gasteiger partial charge in [-0.3, -0.25) is 14.9 Å². The molecular weight excluding hydrogens is 402 g/mol. The fraction of sp³-hybridized carbons (Fsp3) is 0. The summed E-state index contributed by atoms with van der Waals surface area (Å²) in [7, 11) is -4.34. The van der Waals surface area contributed by atoms with Crippen molar-refractivity contribution < 1.29 is 26.7 Å². The average molecular weight is 415 g/mol. The Balaban J connectivity index is 1.80. The van der Waals surface area contributed by atoms with Crippen LogP contribution in [0.3, 0.4) is 0 Å².